The van der Waals surface area contributed by atoms with E-state index in [1.54, 1.807) is 37.2 Å². The maximum atomic E-state index is 4.82. The maximum Gasteiger partial charge on any atom is 0.0971 e. The molecule has 0 saturated heterocycles. The lowest BCUT2D eigenvalue weighted by Gasteiger charge is -2.15. The molecule has 0 spiro atoms. The van der Waals surface area contributed by atoms with Crippen LogP contribution in [-0.4, -0.2) is 29.9 Å². The van der Waals surface area contributed by atoms with Gasteiger partial charge in [-0.2, -0.15) is 0 Å². The molecular weight excluding hydrogens is 949 g/mol. The molecule has 78 heavy (non-hydrogen) atoms. The second-order valence-electron chi connectivity index (χ2n) is 20.2. The van der Waals surface area contributed by atoms with E-state index in [-0.39, 0.29) is 0 Å². The minimum absolute atomic E-state index is 0.916. The monoisotopic (exact) mass is 990 g/mol. The Kier molecular flexibility index (Phi) is 9.84. The molecule has 16 aromatic rings. The molecule has 0 atom stereocenters. The topological polar surface area (TPSA) is 77.3 Å². The first-order valence-corrected chi connectivity index (χ1v) is 26.3. The summed E-state index contributed by atoms with van der Waals surface area (Å²) in [7, 11) is 0. The summed E-state index contributed by atoms with van der Waals surface area (Å²) in [5.74, 6) is 0. The first kappa shape index (κ1) is 43.8. The number of fused-ring (bicyclic) bond motifs is 18. The molecule has 13 aromatic carbocycles. The standard InChI is InChI=1S/C72H42N6/c1-4-19-58-55(16-1)64-40-49(22-25-61(64)70-67(58)73-28-31-76-70)43-10-7-13-46(34-43)52-37-53(47-14-8-11-44(35-47)50-23-26-62-65(41-50)56-17-2-5-20-59(56)68-71(62)77-32-29-74-68)39-54(38-52)48-15-9-12-45(36-48)51-24-27-63-66(42-51)57-18-3-6-21-60(57)69-72(63)78-33-30-75-69/h1-42H. The lowest BCUT2D eigenvalue weighted by molar-refractivity contribution is 1.31. The van der Waals surface area contributed by atoms with E-state index in [1.165, 1.54) is 16.2 Å². The van der Waals surface area contributed by atoms with Crippen LogP contribution in [0.25, 0.3) is 164 Å². The van der Waals surface area contributed by atoms with Crippen molar-refractivity contribution in [1.82, 2.24) is 29.9 Å². The second kappa shape index (κ2) is 17.5. The van der Waals surface area contributed by atoms with E-state index in [2.05, 4.69) is 218 Å². The zero-order valence-electron chi connectivity index (χ0n) is 41.9. The van der Waals surface area contributed by atoms with Crippen LogP contribution in [0.3, 0.4) is 0 Å². The van der Waals surface area contributed by atoms with Gasteiger partial charge in [0.1, 0.15) is 0 Å². The van der Waals surface area contributed by atoms with Crippen molar-refractivity contribution in [1.29, 1.82) is 0 Å². The van der Waals surface area contributed by atoms with Crippen molar-refractivity contribution in [3.05, 3.63) is 256 Å². The van der Waals surface area contributed by atoms with Gasteiger partial charge in [0, 0.05) is 69.5 Å². The van der Waals surface area contributed by atoms with E-state index >= 15 is 0 Å². The van der Waals surface area contributed by atoms with Crippen LogP contribution in [0.4, 0.5) is 0 Å². The Morgan fingerprint density at radius 1 is 0.141 bits per heavy atom. The van der Waals surface area contributed by atoms with Crippen molar-refractivity contribution < 1.29 is 0 Å². The molecule has 0 radical (unpaired) electrons. The lowest BCUT2D eigenvalue weighted by Crippen LogP contribution is -1.90. The van der Waals surface area contributed by atoms with E-state index in [1.807, 2.05) is 0 Å². The molecule has 6 nitrogen and oxygen atoms in total. The molecular formula is C72H42N6. The Bertz CT molecular complexity index is 4550. The van der Waals surface area contributed by atoms with Gasteiger partial charge >= 0.3 is 0 Å². The van der Waals surface area contributed by atoms with Crippen LogP contribution in [0.5, 0.6) is 0 Å². The molecule has 16 rings (SSSR count). The van der Waals surface area contributed by atoms with Gasteiger partial charge in [-0.1, -0.05) is 164 Å². The normalized spacial score (nSPS) is 11.8. The summed E-state index contributed by atoms with van der Waals surface area (Å²) >= 11 is 0. The summed E-state index contributed by atoms with van der Waals surface area (Å²) in [6, 6.07) is 79.8. The van der Waals surface area contributed by atoms with Crippen LogP contribution >= 0.6 is 0 Å². The van der Waals surface area contributed by atoms with Crippen LogP contribution < -0.4 is 0 Å². The Morgan fingerprint density at radius 3 is 0.615 bits per heavy atom. The molecule has 0 unspecified atom stereocenters. The summed E-state index contributed by atoms with van der Waals surface area (Å²) in [5.41, 5.74) is 19.1. The van der Waals surface area contributed by atoms with Gasteiger partial charge in [-0.05, 0) is 154 Å². The fraction of sp³-hybridized carbons (Fsp3) is 0. The number of hydrogen-bond donors (Lipinski definition) is 0. The molecule has 0 saturated carbocycles. The summed E-state index contributed by atoms with van der Waals surface area (Å²) in [4.78, 5) is 28.8. The number of hydrogen-bond acceptors (Lipinski definition) is 6. The molecule has 0 amide bonds. The van der Waals surface area contributed by atoms with Crippen LogP contribution in [0.15, 0.2) is 256 Å². The number of benzene rings is 13. The third-order valence-electron chi connectivity index (χ3n) is 15.9. The Hall–Kier alpha value is -10.6. The molecule has 0 aliphatic heterocycles. The third-order valence-corrected chi connectivity index (χ3v) is 15.9. The van der Waals surface area contributed by atoms with E-state index in [4.69, 9.17) is 29.9 Å². The van der Waals surface area contributed by atoms with Crippen LogP contribution in [-0.2, 0) is 0 Å². The van der Waals surface area contributed by atoms with Crippen molar-refractivity contribution in [2.24, 2.45) is 0 Å². The zero-order valence-corrected chi connectivity index (χ0v) is 41.9. The number of aromatic nitrogens is 6. The molecule has 3 aromatic heterocycles. The fourth-order valence-corrected chi connectivity index (χ4v) is 12.2. The maximum absolute atomic E-state index is 4.82. The Labute approximate surface area is 447 Å². The third kappa shape index (κ3) is 7.04. The molecule has 0 fully saturated rings. The molecule has 0 aliphatic carbocycles. The molecule has 0 aliphatic rings. The van der Waals surface area contributed by atoms with Crippen LogP contribution in [0, 0.1) is 0 Å². The fourth-order valence-electron chi connectivity index (χ4n) is 12.2. The van der Waals surface area contributed by atoms with E-state index in [9.17, 15) is 0 Å². The van der Waals surface area contributed by atoms with E-state index < -0.39 is 0 Å². The first-order valence-electron chi connectivity index (χ1n) is 26.3. The van der Waals surface area contributed by atoms with Crippen molar-refractivity contribution in [2.45, 2.75) is 0 Å². The van der Waals surface area contributed by atoms with Crippen molar-refractivity contribution in [3.63, 3.8) is 0 Å². The summed E-state index contributed by atoms with van der Waals surface area (Å²) in [5, 5.41) is 13.6. The van der Waals surface area contributed by atoms with Crippen LogP contribution in [0.2, 0.25) is 0 Å². The van der Waals surface area contributed by atoms with Gasteiger partial charge in [-0.15, -0.1) is 0 Å². The number of rotatable bonds is 6. The van der Waals surface area contributed by atoms with Gasteiger partial charge < -0.3 is 0 Å². The highest BCUT2D eigenvalue weighted by molar-refractivity contribution is 6.26. The molecule has 360 valence electrons. The van der Waals surface area contributed by atoms with Crippen molar-refractivity contribution in [2.75, 3.05) is 0 Å². The lowest BCUT2D eigenvalue weighted by atomic mass is 9.89. The van der Waals surface area contributed by atoms with Gasteiger partial charge in [0.15, 0.2) is 0 Å². The van der Waals surface area contributed by atoms with Gasteiger partial charge in [0.2, 0.25) is 0 Å². The first-order chi connectivity index (χ1) is 38.6. The predicted octanol–water partition coefficient (Wildman–Crippen LogP) is 18.4. The second-order valence-corrected chi connectivity index (χ2v) is 20.2. The Morgan fingerprint density at radius 2 is 0.346 bits per heavy atom. The molecule has 6 heteroatoms. The minimum Gasteiger partial charge on any atom is -0.252 e. The number of nitrogens with zero attached hydrogens (tertiary/aromatic N) is 6. The quantitative estimate of drug-likeness (QED) is 0.155. The highest BCUT2D eigenvalue weighted by Crippen LogP contribution is 2.42. The summed E-state index contributed by atoms with van der Waals surface area (Å²) in [6.45, 7) is 0. The molecule has 0 N–H and O–H groups in total. The SMILES string of the molecule is c1cc(-c2cc(-c3cccc(-c4ccc5c(c4)c4ccccc4c4nccnc54)c3)cc(-c3cccc(-c4ccc5c(c4)c4ccccc4c4nccnc54)c3)c2)cc(-c2ccc3c(c2)c2ccccc2c2nccnc32)c1. The van der Waals surface area contributed by atoms with E-state index in [0.717, 1.165) is 148 Å². The van der Waals surface area contributed by atoms with Crippen LogP contribution in [0.1, 0.15) is 0 Å². The average Bonchev–Trinajstić information content (AvgIpc) is 3.72. The van der Waals surface area contributed by atoms with Crippen molar-refractivity contribution in [3.8, 4) is 66.8 Å². The summed E-state index contributed by atoms with van der Waals surface area (Å²) in [6.07, 6.45) is 10.7. The minimum atomic E-state index is 0.916. The largest absolute Gasteiger partial charge is 0.252 e. The molecule has 0 bridgehead atoms. The van der Waals surface area contributed by atoms with Crippen molar-refractivity contribution >= 4 is 97.7 Å². The zero-order chi connectivity index (χ0) is 51.3. The van der Waals surface area contributed by atoms with E-state index in [0.29, 0.717) is 0 Å². The predicted molar refractivity (Wildman–Crippen MR) is 323 cm³/mol. The Balaban J connectivity index is 0.850. The van der Waals surface area contributed by atoms with Gasteiger partial charge in [0.05, 0.1) is 33.1 Å². The smallest absolute Gasteiger partial charge is 0.0971 e. The highest BCUT2D eigenvalue weighted by atomic mass is 14.8. The average molecular weight is 991 g/mol. The highest BCUT2D eigenvalue weighted by Gasteiger charge is 2.17. The summed E-state index contributed by atoms with van der Waals surface area (Å²) < 4.78 is 0. The van der Waals surface area contributed by atoms with Gasteiger partial charge in [-0.25, -0.2) is 0 Å². The van der Waals surface area contributed by atoms with Gasteiger partial charge in [0.25, 0.3) is 0 Å². The molecule has 3 heterocycles. The van der Waals surface area contributed by atoms with Gasteiger partial charge in [-0.3, -0.25) is 29.9 Å².